The number of aromatic carboxylic acids is 2. The van der Waals surface area contributed by atoms with Gasteiger partial charge in [0, 0.05) is 13.0 Å². The van der Waals surface area contributed by atoms with Gasteiger partial charge in [-0.25, -0.2) is 14.6 Å². The normalized spacial score (nSPS) is 10.8. The maximum absolute atomic E-state index is 11.7. The molecule has 2 aromatic carbocycles. The molecule has 0 unspecified atom stereocenters. The number of carboxylic acid groups (broad SMARTS) is 2. The predicted molar refractivity (Wildman–Crippen MR) is 111 cm³/mol. The van der Waals surface area contributed by atoms with E-state index >= 15 is 0 Å². The van der Waals surface area contributed by atoms with Crippen molar-refractivity contribution in [2.45, 2.75) is 32.7 Å². The second-order valence-corrected chi connectivity index (χ2v) is 7.07. The maximum Gasteiger partial charge on any atom is 0.355 e. The molecule has 0 saturated heterocycles. The molecule has 6 nitrogen and oxygen atoms in total. The summed E-state index contributed by atoms with van der Waals surface area (Å²) in [7, 11) is 0. The molecular formula is C22H21ClN2O4. The van der Waals surface area contributed by atoms with E-state index < -0.39 is 11.9 Å². The molecule has 1 aromatic heterocycles. The van der Waals surface area contributed by atoms with Crippen LogP contribution in [0.15, 0.2) is 48.5 Å². The molecule has 0 aliphatic heterocycles. The average molecular weight is 413 g/mol. The summed E-state index contributed by atoms with van der Waals surface area (Å²) in [6.45, 7) is 2.38. The van der Waals surface area contributed by atoms with Crippen molar-refractivity contribution < 1.29 is 19.8 Å². The Bertz CT molecular complexity index is 1040. The van der Waals surface area contributed by atoms with E-state index in [-0.39, 0.29) is 16.4 Å². The first-order valence-electron chi connectivity index (χ1n) is 9.32. The summed E-state index contributed by atoms with van der Waals surface area (Å²) in [6.07, 6.45) is 2.50. The summed E-state index contributed by atoms with van der Waals surface area (Å²) in [5.41, 5.74) is 2.50. The quantitative estimate of drug-likeness (QED) is 0.543. The molecular weight excluding hydrogens is 392 g/mol. The van der Waals surface area contributed by atoms with Crippen LogP contribution in [0.1, 0.15) is 52.0 Å². The molecule has 29 heavy (non-hydrogen) atoms. The molecule has 0 spiro atoms. The molecule has 0 radical (unpaired) electrons. The van der Waals surface area contributed by atoms with Crippen molar-refractivity contribution in [2.75, 3.05) is 0 Å². The molecule has 0 aliphatic rings. The summed E-state index contributed by atoms with van der Waals surface area (Å²) in [5.74, 6) is -1.45. The van der Waals surface area contributed by atoms with E-state index in [9.17, 15) is 19.8 Å². The minimum Gasteiger partial charge on any atom is -0.478 e. The molecule has 0 aliphatic carbocycles. The van der Waals surface area contributed by atoms with Crippen molar-refractivity contribution >= 4 is 23.5 Å². The van der Waals surface area contributed by atoms with Gasteiger partial charge in [0.25, 0.3) is 0 Å². The number of unbranched alkanes of at least 4 members (excludes halogenated alkanes) is 1. The predicted octanol–water partition coefficient (Wildman–Crippen LogP) is 4.99. The third kappa shape index (κ3) is 4.49. The lowest BCUT2D eigenvalue weighted by molar-refractivity contribution is 0.0679. The standard InChI is InChI=1S/C22H21ClN2O4/c1-2-3-8-18-24-20(23)19(22(28)29)25(18)13-14-9-11-15(12-10-14)16-6-4-5-7-17(16)21(26)27/h4-7,9-12H,2-3,8,13H2,1H3,(H,26,27)(H,28,29). The Labute approximate surface area is 173 Å². The molecule has 0 amide bonds. The molecule has 150 valence electrons. The molecule has 0 saturated carbocycles. The van der Waals surface area contributed by atoms with Crippen LogP contribution in [0.3, 0.4) is 0 Å². The van der Waals surface area contributed by atoms with Crippen molar-refractivity contribution in [1.29, 1.82) is 0 Å². The van der Waals surface area contributed by atoms with Crippen LogP contribution in [-0.4, -0.2) is 31.7 Å². The van der Waals surface area contributed by atoms with E-state index in [0.717, 1.165) is 24.0 Å². The Morgan fingerprint density at radius 2 is 1.72 bits per heavy atom. The Hall–Kier alpha value is -3.12. The zero-order chi connectivity index (χ0) is 21.0. The largest absolute Gasteiger partial charge is 0.478 e. The van der Waals surface area contributed by atoms with Crippen LogP contribution in [-0.2, 0) is 13.0 Å². The first kappa shape index (κ1) is 20.6. The first-order chi connectivity index (χ1) is 13.9. The van der Waals surface area contributed by atoms with E-state index in [0.29, 0.717) is 24.4 Å². The van der Waals surface area contributed by atoms with Crippen LogP contribution in [0.4, 0.5) is 0 Å². The molecule has 7 heteroatoms. The topological polar surface area (TPSA) is 92.4 Å². The SMILES string of the molecule is CCCCc1nc(Cl)c(C(=O)O)n1Cc1ccc(-c2ccccc2C(=O)O)cc1. The van der Waals surface area contributed by atoms with Gasteiger partial charge in [-0.2, -0.15) is 0 Å². The van der Waals surface area contributed by atoms with Crippen LogP contribution >= 0.6 is 11.6 Å². The molecule has 3 aromatic rings. The first-order valence-corrected chi connectivity index (χ1v) is 9.70. The fraction of sp³-hybridized carbons (Fsp3) is 0.227. The van der Waals surface area contributed by atoms with E-state index in [1.165, 1.54) is 0 Å². The van der Waals surface area contributed by atoms with Crippen molar-refractivity contribution in [3.8, 4) is 11.1 Å². The number of aryl methyl sites for hydroxylation is 1. The lowest BCUT2D eigenvalue weighted by atomic mass is 9.99. The number of rotatable bonds is 8. The Morgan fingerprint density at radius 3 is 2.34 bits per heavy atom. The van der Waals surface area contributed by atoms with E-state index in [2.05, 4.69) is 11.9 Å². The minimum atomic E-state index is -1.11. The van der Waals surface area contributed by atoms with Gasteiger partial charge in [0.2, 0.25) is 0 Å². The van der Waals surface area contributed by atoms with Gasteiger partial charge in [0.1, 0.15) is 5.82 Å². The number of hydrogen-bond donors (Lipinski definition) is 2. The summed E-state index contributed by atoms with van der Waals surface area (Å²) < 4.78 is 1.64. The Morgan fingerprint density at radius 1 is 1.03 bits per heavy atom. The summed E-state index contributed by atoms with van der Waals surface area (Å²) in [6, 6.07) is 14.2. The Kier molecular flexibility index (Phi) is 6.34. The smallest absolute Gasteiger partial charge is 0.355 e. The van der Waals surface area contributed by atoms with Crippen LogP contribution in [0.2, 0.25) is 5.15 Å². The van der Waals surface area contributed by atoms with Crippen LogP contribution in [0.5, 0.6) is 0 Å². The Balaban J connectivity index is 1.93. The number of carboxylic acids is 2. The molecule has 1 heterocycles. The second kappa shape index (κ2) is 8.92. The number of carbonyl (C=O) groups is 2. The molecule has 3 rings (SSSR count). The highest BCUT2D eigenvalue weighted by molar-refractivity contribution is 6.32. The molecule has 0 atom stereocenters. The number of aromatic nitrogens is 2. The van der Waals surface area contributed by atoms with Gasteiger partial charge in [0.15, 0.2) is 10.8 Å². The highest BCUT2D eigenvalue weighted by Gasteiger charge is 2.21. The number of imidazole rings is 1. The number of nitrogens with zero attached hydrogens (tertiary/aromatic N) is 2. The zero-order valence-corrected chi connectivity index (χ0v) is 16.7. The monoisotopic (exact) mass is 412 g/mol. The number of hydrogen-bond acceptors (Lipinski definition) is 3. The van der Waals surface area contributed by atoms with Gasteiger partial charge in [-0.3, -0.25) is 0 Å². The number of benzene rings is 2. The lowest BCUT2D eigenvalue weighted by Gasteiger charge is -2.11. The minimum absolute atomic E-state index is 0.00407. The van der Waals surface area contributed by atoms with E-state index in [4.69, 9.17) is 11.6 Å². The highest BCUT2D eigenvalue weighted by Crippen LogP contribution is 2.25. The van der Waals surface area contributed by atoms with Gasteiger partial charge in [0.05, 0.1) is 5.56 Å². The van der Waals surface area contributed by atoms with Gasteiger partial charge in [-0.05, 0) is 29.2 Å². The maximum atomic E-state index is 11.7. The molecule has 0 fully saturated rings. The van der Waals surface area contributed by atoms with Crippen LogP contribution in [0, 0.1) is 0 Å². The van der Waals surface area contributed by atoms with Crippen molar-refractivity contribution in [3.05, 3.63) is 76.3 Å². The van der Waals surface area contributed by atoms with Gasteiger partial charge >= 0.3 is 11.9 Å². The summed E-state index contributed by atoms with van der Waals surface area (Å²) >= 11 is 6.07. The zero-order valence-electron chi connectivity index (χ0n) is 15.9. The van der Waals surface area contributed by atoms with Crippen molar-refractivity contribution in [3.63, 3.8) is 0 Å². The van der Waals surface area contributed by atoms with Crippen LogP contribution < -0.4 is 0 Å². The molecule has 0 bridgehead atoms. The van der Waals surface area contributed by atoms with Crippen LogP contribution in [0.25, 0.3) is 11.1 Å². The van der Waals surface area contributed by atoms with Gasteiger partial charge in [-0.1, -0.05) is 67.4 Å². The lowest BCUT2D eigenvalue weighted by Crippen LogP contribution is -2.13. The second-order valence-electron chi connectivity index (χ2n) is 6.71. The third-order valence-corrected chi connectivity index (χ3v) is 4.99. The number of halogens is 1. The van der Waals surface area contributed by atoms with E-state index in [1.54, 1.807) is 28.8 Å². The average Bonchev–Trinajstić information content (AvgIpc) is 3.02. The summed E-state index contributed by atoms with van der Waals surface area (Å²) in [5, 5.41) is 18.9. The fourth-order valence-corrected chi connectivity index (χ4v) is 3.54. The third-order valence-electron chi connectivity index (χ3n) is 4.72. The van der Waals surface area contributed by atoms with E-state index in [1.807, 2.05) is 24.3 Å². The fourth-order valence-electron chi connectivity index (χ4n) is 3.26. The van der Waals surface area contributed by atoms with Gasteiger partial charge < -0.3 is 14.8 Å². The van der Waals surface area contributed by atoms with Crippen molar-refractivity contribution in [2.24, 2.45) is 0 Å². The highest BCUT2D eigenvalue weighted by atomic mass is 35.5. The van der Waals surface area contributed by atoms with Crippen molar-refractivity contribution in [1.82, 2.24) is 9.55 Å². The summed E-state index contributed by atoms with van der Waals surface area (Å²) in [4.78, 5) is 27.4. The van der Waals surface area contributed by atoms with Gasteiger partial charge in [-0.15, -0.1) is 0 Å². The molecule has 2 N–H and O–H groups in total.